The molecule has 0 aliphatic carbocycles. The van der Waals surface area contributed by atoms with E-state index in [2.05, 4.69) is 11.9 Å². The summed E-state index contributed by atoms with van der Waals surface area (Å²) in [6.07, 6.45) is 1.66. The summed E-state index contributed by atoms with van der Waals surface area (Å²) in [5.41, 5.74) is 0.381. The second-order valence-electron chi connectivity index (χ2n) is 4.13. The smallest absolute Gasteiger partial charge is 0.230 e. The van der Waals surface area contributed by atoms with Crippen LogP contribution in [0.25, 0.3) is 0 Å². The highest BCUT2D eigenvalue weighted by atomic mass is 35.5. The molecule has 2 nitrogen and oxygen atoms in total. The van der Waals surface area contributed by atoms with Crippen LogP contribution in [-0.4, -0.2) is 12.5 Å². The van der Waals surface area contributed by atoms with Crippen molar-refractivity contribution in [3.8, 4) is 0 Å². The fourth-order valence-electron chi connectivity index (χ4n) is 1.38. The number of carbonyl (C=O) groups excluding carboxylic acids is 1. The van der Waals surface area contributed by atoms with E-state index in [9.17, 15) is 4.79 Å². The van der Waals surface area contributed by atoms with E-state index in [1.807, 2.05) is 26.0 Å². The van der Waals surface area contributed by atoms with Gasteiger partial charge in [0.25, 0.3) is 0 Å². The van der Waals surface area contributed by atoms with Crippen molar-refractivity contribution >= 4 is 17.5 Å². The molecule has 1 aromatic rings. The number of hydrogen-bond donors (Lipinski definition) is 1. The highest BCUT2D eigenvalue weighted by Crippen LogP contribution is 2.24. The third-order valence-electron chi connectivity index (χ3n) is 2.54. The minimum Gasteiger partial charge on any atom is -0.352 e. The van der Waals surface area contributed by atoms with Gasteiger partial charge in [-0.2, -0.15) is 0 Å². The van der Waals surface area contributed by atoms with Crippen LogP contribution in [0, 0.1) is 0 Å². The van der Waals surface area contributed by atoms with Crippen LogP contribution in [0.15, 0.2) is 36.9 Å². The molecule has 1 aromatic carbocycles. The molecule has 0 saturated carbocycles. The monoisotopic (exact) mass is 237 g/mol. The van der Waals surface area contributed by atoms with E-state index >= 15 is 0 Å². The molecule has 0 aliphatic rings. The molecule has 0 atom stereocenters. The second-order valence-corrected chi connectivity index (χ2v) is 4.57. The zero-order chi connectivity index (χ0) is 12.2. The van der Waals surface area contributed by atoms with Gasteiger partial charge in [-0.25, -0.2) is 0 Å². The number of amides is 1. The Morgan fingerprint density at radius 2 is 2.00 bits per heavy atom. The quantitative estimate of drug-likeness (QED) is 0.802. The number of rotatable bonds is 4. The van der Waals surface area contributed by atoms with Gasteiger partial charge in [-0.05, 0) is 31.5 Å². The standard InChI is InChI=1S/C13H16ClNO/c1-4-9-15-12(16)13(2,3)10-5-7-11(14)8-6-10/h4-8H,1,9H2,2-3H3,(H,15,16). The molecule has 1 amide bonds. The minimum atomic E-state index is -0.562. The van der Waals surface area contributed by atoms with Crippen molar-refractivity contribution in [2.24, 2.45) is 0 Å². The van der Waals surface area contributed by atoms with Gasteiger partial charge in [0, 0.05) is 11.6 Å². The van der Waals surface area contributed by atoms with E-state index in [4.69, 9.17) is 11.6 Å². The molecule has 3 heteroatoms. The fourth-order valence-corrected chi connectivity index (χ4v) is 1.51. The van der Waals surface area contributed by atoms with Crippen molar-refractivity contribution in [2.45, 2.75) is 19.3 Å². The first-order valence-corrected chi connectivity index (χ1v) is 5.51. The van der Waals surface area contributed by atoms with Gasteiger partial charge in [-0.3, -0.25) is 4.79 Å². The molecule has 0 saturated heterocycles. The Kier molecular flexibility index (Phi) is 4.13. The lowest BCUT2D eigenvalue weighted by Crippen LogP contribution is -2.40. The predicted molar refractivity (Wildman–Crippen MR) is 67.7 cm³/mol. The maximum atomic E-state index is 11.9. The van der Waals surface area contributed by atoms with Crippen molar-refractivity contribution in [3.05, 3.63) is 47.5 Å². The number of hydrogen-bond acceptors (Lipinski definition) is 1. The molecular formula is C13H16ClNO. The average molecular weight is 238 g/mol. The largest absolute Gasteiger partial charge is 0.352 e. The van der Waals surface area contributed by atoms with Crippen LogP contribution in [0.3, 0.4) is 0 Å². The van der Waals surface area contributed by atoms with Crippen LogP contribution >= 0.6 is 11.6 Å². The Morgan fingerprint density at radius 3 is 2.50 bits per heavy atom. The molecule has 86 valence electrons. The maximum absolute atomic E-state index is 11.9. The third kappa shape index (κ3) is 2.86. The Labute approximate surface area is 101 Å². The number of carbonyl (C=O) groups is 1. The molecule has 1 rings (SSSR count). The minimum absolute atomic E-state index is 0.0188. The molecule has 0 aliphatic heterocycles. The van der Waals surface area contributed by atoms with Gasteiger partial charge in [0.2, 0.25) is 5.91 Å². The van der Waals surface area contributed by atoms with E-state index in [0.717, 1.165) is 5.56 Å². The van der Waals surface area contributed by atoms with Crippen LogP contribution in [0.5, 0.6) is 0 Å². The molecule has 0 fully saturated rings. The molecule has 0 aromatic heterocycles. The Hall–Kier alpha value is -1.28. The summed E-state index contributed by atoms with van der Waals surface area (Å²) in [4.78, 5) is 11.9. The van der Waals surface area contributed by atoms with Gasteiger partial charge in [-0.1, -0.05) is 29.8 Å². The molecule has 0 bridgehead atoms. The van der Waals surface area contributed by atoms with E-state index in [0.29, 0.717) is 11.6 Å². The number of nitrogens with one attached hydrogen (secondary N) is 1. The lowest BCUT2D eigenvalue weighted by atomic mass is 9.84. The Balaban J connectivity index is 2.87. The zero-order valence-corrected chi connectivity index (χ0v) is 10.3. The average Bonchev–Trinajstić information content (AvgIpc) is 2.26. The molecular weight excluding hydrogens is 222 g/mol. The molecule has 0 unspecified atom stereocenters. The Morgan fingerprint density at radius 1 is 1.44 bits per heavy atom. The van der Waals surface area contributed by atoms with Gasteiger partial charge in [-0.15, -0.1) is 6.58 Å². The lowest BCUT2D eigenvalue weighted by Gasteiger charge is -2.23. The van der Waals surface area contributed by atoms with E-state index in [1.54, 1.807) is 18.2 Å². The number of halogens is 1. The fraction of sp³-hybridized carbons (Fsp3) is 0.308. The van der Waals surface area contributed by atoms with Crippen molar-refractivity contribution in [3.63, 3.8) is 0 Å². The normalized spacial score (nSPS) is 10.9. The summed E-state index contributed by atoms with van der Waals surface area (Å²) in [5.74, 6) is -0.0188. The summed E-state index contributed by atoms with van der Waals surface area (Å²) >= 11 is 5.81. The van der Waals surface area contributed by atoms with Crippen LogP contribution in [0.2, 0.25) is 5.02 Å². The topological polar surface area (TPSA) is 29.1 Å². The lowest BCUT2D eigenvalue weighted by molar-refractivity contribution is -0.125. The molecule has 16 heavy (non-hydrogen) atoms. The third-order valence-corrected chi connectivity index (χ3v) is 2.79. The first-order chi connectivity index (χ1) is 7.48. The van der Waals surface area contributed by atoms with Gasteiger partial charge < -0.3 is 5.32 Å². The van der Waals surface area contributed by atoms with Crippen molar-refractivity contribution in [1.29, 1.82) is 0 Å². The molecule has 0 spiro atoms. The molecule has 1 N–H and O–H groups in total. The van der Waals surface area contributed by atoms with Crippen LogP contribution in [0.1, 0.15) is 19.4 Å². The highest BCUT2D eigenvalue weighted by molar-refractivity contribution is 6.30. The summed E-state index contributed by atoms with van der Waals surface area (Å²) in [6.45, 7) is 7.82. The summed E-state index contributed by atoms with van der Waals surface area (Å²) in [5, 5.41) is 3.47. The van der Waals surface area contributed by atoms with Crippen molar-refractivity contribution < 1.29 is 4.79 Å². The van der Waals surface area contributed by atoms with Gasteiger partial charge >= 0.3 is 0 Å². The highest BCUT2D eigenvalue weighted by Gasteiger charge is 2.28. The number of benzene rings is 1. The molecule has 0 radical (unpaired) electrons. The van der Waals surface area contributed by atoms with Crippen molar-refractivity contribution in [2.75, 3.05) is 6.54 Å². The summed E-state index contributed by atoms with van der Waals surface area (Å²) in [6, 6.07) is 7.32. The van der Waals surface area contributed by atoms with Gasteiger partial charge in [0.05, 0.1) is 5.41 Å². The van der Waals surface area contributed by atoms with Gasteiger partial charge in [0.1, 0.15) is 0 Å². The van der Waals surface area contributed by atoms with Crippen LogP contribution in [0.4, 0.5) is 0 Å². The summed E-state index contributed by atoms with van der Waals surface area (Å²) < 4.78 is 0. The SMILES string of the molecule is C=CCNC(=O)C(C)(C)c1ccc(Cl)cc1. The maximum Gasteiger partial charge on any atom is 0.230 e. The van der Waals surface area contributed by atoms with E-state index in [1.165, 1.54) is 0 Å². The Bertz CT molecular complexity index is 381. The molecule has 0 heterocycles. The van der Waals surface area contributed by atoms with Crippen molar-refractivity contribution in [1.82, 2.24) is 5.32 Å². The zero-order valence-electron chi connectivity index (χ0n) is 9.59. The first kappa shape index (κ1) is 12.8. The summed E-state index contributed by atoms with van der Waals surface area (Å²) in [7, 11) is 0. The van der Waals surface area contributed by atoms with E-state index in [-0.39, 0.29) is 5.91 Å². The van der Waals surface area contributed by atoms with Crippen LogP contribution in [-0.2, 0) is 10.2 Å². The van der Waals surface area contributed by atoms with E-state index < -0.39 is 5.41 Å². The first-order valence-electron chi connectivity index (χ1n) is 5.13. The van der Waals surface area contributed by atoms with Gasteiger partial charge in [0.15, 0.2) is 0 Å². The predicted octanol–water partition coefficient (Wildman–Crippen LogP) is 2.92. The van der Waals surface area contributed by atoms with Crippen LogP contribution < -0.4 is 5.32 Å². The second kappa shape index (κ2) is 5.17.